The number of aryl methyl sites for hydroxylation is 1. The third kappa shape index (κ3) is 4.17. The molecular weight excluding hydrogens is 262 g/mol. The molecule has 2 rings (SSSR count). The van der Waals surface area contributed by atoms with Crippen LogP contribution in [0.1, 0.15) is 11.1 Å². The molecule has 0 unspecified atom stereocenters. The molecule has 4 nitrogen and oxygen atoms in total. The maximum absolute atomic E-state index is 11.9. The van der Waals surface area contributed by atoms with Gasteiger partial charge in [-0.3, -0.25) is 4.18 Å². The highest BCUT2D eigenvalue weighted by molar-refractivity contribution is 7.86. The van der Waals surface area contributed by atoms with E-state index >= 15 is 0 Å². The lowest BCUT2D eigenvalue weighted by Crippen LogP contribution is -2.06. The van der Waals surface area contributed by atoms with Gasteiger partial charge in [-0.2, -0.15) is 8.42 Å². The van der Waals surface area contributed by atoms with Crippen LogP contribution in [0.3, 0.4) is 0 Å². The summed E-state index contributed by atoms with van der Waals surface area (Å²) >= 11 is 0. The normalized spacial score (nSPS) is 10.8. The Bertz CT molecular complexity index is 607. The second-order valence-electron chi connectivity index (χ2n) is 4.01. The summed E-state index contributed by atoms with van der Waals surface area (Å²) in [5, 5.41) is 0. The zero-order chi connectivity index (χ0) is 13.0. The van der Waals surface area contributed by atoms with Gasteiger partial charge in [-0.05, 0) is 24.6 Å². The van der Waals surface area contributed by atoms with Crippen LogP contribution >= 0.6 is 0 Å². The standard InChI is InChI=1S/C14H14O3S.H3N/c1-12-7-9-14(10-8-12)18(15,16)17-11-13-5-3-2-4-6-13;/h2-10H,11H2,1H3;1H3. The van der Waals surface area contributed by atoms with Crippen molar-refractivity contribution in [2.24, 2.45) is 0 Å². The summed E-state index contributed by atoms with van der Waals surface area (Å²) in [5.74, 6) is 0. The number of benzene rings is 2. The Morgan fingerprint density at radius 3 is 2.11 bits per heavy atom. The van der Waals surface area contributed by atoms with Crippen LogP contribution in [0.4, 0.5) is 0 Å². The fraction of sp³-hybridized carbons (Fsp3) is 0.143. The van der Waals surface area contributed by atoms with E-state index in [0.717, 1.165) is 11.1 Å². The average Bonchev–Trinajstić information content (AvgIpc) is 2.38. The van der Waals surface area contributed by atoms with Crippen LogP contribution in [-0.4, -0.2) is 8.42 Å². The molecule has 0 aliphatic heterocycles. The predicted octanol–water partition coefficient (Wildman–Crippen LogP) is 3.06. The van der Waals surface area contributed by atoms with Gasteiger partial charge < -0.3 is 6.15 Å². The highest BCUT2D eigenvalue weighted by atomic mass is 32.2. The second-order valence-corrected chi connectivity index (χ2v) is 5.63. The summed E-state index contributed by atoms with van der Waals surface area (Å²) in [6.45, 7) is 1.96. The molecule has 0 heterocycles. The molecule has 0 aliphatic carbocycles. The molecule has 2 aromatic rings. The van der Waals surface area contributed by atoms with E-state index in [1.807, 2.05) is 37.3 Å². The van der Waals surface area contributed by atoms with E-state index in [1.54, 1.807) is 24.3 Å². The van der Waals surface area contributed by atoms with Crippen molar-refractivity contribution in [3.63, 3.8) is 0 Å². The van der Waals surface area contributed by atoms with Gasteiger partial charge in [0.25, 0.3) is 10.1 Å². The minimum atomic E-state index is -3.68. The van der Waals surface area contributed by atoms with Crippen molar-refractivity contribution >= 4 is 10.1 Å². The van der Waals surface area contributed by atoms with E-state index in [2.05, 4.69) is 0 Å². The molecule has 0 saturated heterocycles. The highest BCUT2D eigenvalue weighted by Crippen LogP contribution is 2.15. The molecule has 3 N–H and O–H groups in total. The molecule has 0 spiro atoms. The van der Waals surface area contributed by atoms with Crippen molar-refractivity contribution in [2.45, 2.75) is 18.4 Å². The molecule has 0 bridgehead atoms. The van der Waals surface area contributed by atoms with Gasteiger partial charge >= 0.3 is 0 Å². The molecule has 102 valence electrons. The Kier molecular flexibility index (Phi) is 5.23. The topological polar surface area (TPSA) is 78.4 Å². The molecule has 0 atom stereocenters. The lowest BCUT2D eigenvalue weighted by Gasteiger charge is -2.06. The zero-order valence-corrected chi connectivity index (χ0v) is 11.6. The third-order valence-corrected chi connectivity index (χ3v) is 3.81. The minimum Gasteiger partial charge on any atom is -0.344 e. The predicted molar refractivity (Wildman–Crippen MR) is 74.6 cm³/mol. The fourth-order valence-electron chi connectivity index (χ4n) is 1.49. The van der Waals surface area contributed by atoms with Crippen LogP contribution in [0.2, 0.25) is 0 Å². The molecule has 2 aromatic carbocycles. The first-order valence-corrected chi connectivity index (χ1v) is 6.99. The Hall–Kier alpha value is -1.69. The van der Waals surface area contributed by atoms with E-state index in [0.29, 0.717) is 0 Å². The van der Waals surface area contributed by atoms with Gasteiger partial charge in [-0.25, -0.2) is 0 Å². The van der Waals surface area contributed by atoms with Crippen LogP contribution in [-0.2, 0) is 20.9 Å². The van der Waals surface area contributed by atoms with E-state index in [9.17, 15) is 8.42 Å². The van der Waals surface area contributed by atoms with E-state index in [-0.39, 0.29) is 17.7 Å². The minimum absolute atomic E-state index is 0. The fourth-order valence-corrected chi connectivity index (χ4v) is 2.39. The van der Waals surface area contributed by atoms with Crippen LogP contribution < -0.4 is 6.15 Å². The van der Waals surface area contributed by atoms with Gasteiger partial charge in [-0.1, -0.05) is 48.0 Å². The first-order valence-electron chi connectivity index (χ1n) is 5.58. The van der Waals surface area contributed by atoms with Gasteiger partial charge in [-0.15, -0.1) is 0 Å². The van der Waals surface area contributed by atoms with Crippen LogP contribution in [0.15, 0.2) is 59.5 Å². The Balaban J connectivity index is 0.00000180. The first kappa shape index (κ1) is 15.4. The molecule has 0 radical (unpaired) electrons. The summed E-state index contributed by atoms with van der Waals surface area (Å²) in [6.07, 6.45) is 0. The maximum Gasteiger partial charge on any atom is 0.297 e. The molecule has 19 heavy (non-hydrogen) atoms. The maximum atomic E-state index is 11.9. The Morgan fingerprint density at radius 2 is 1.53 bits per heavy atom. The van der Waals surface area contributed by atoms with Gasteiger partial charge in [0.2, 0.25) is 0 Å². The van der Waals surface area contributed by atoms with Crippen LogP contribution in [0.25, 0.3) is 0 Å². The Morgan fingerprint density at radius 1 is 0.947 bits per heavy atom. The smallest absolute Gasteiger partial charge is 0.297 e. The summed E-state index contributed by atoms with van der Waals surface area (Å²) in [5.41, 5.74) is 1.84. The lowest BCUT2D eigenvalue weighted by molar-refractivity contribution is 0.308. The summed E-state index contributed by atoms with van der Waals surface area (Å²) < 4.78 is 28.8. The van der Waals surface area contributed by atoms with Crippen molar-refractivity contribution in [2.75, 3.05) is 0 Å². The average molecular weight is 279 g/mol. The lowest BCUT2D eigenvalue weighted by atomic mass is 10.2. The van der Waals surface area contributed by atoms with Crippen LogP contribution in [0.5, 0.6) is 0 Å². The second kappa shape index (κ2) is 6.47. The molecule has 0 aromatic heterocycles. The summed E-state index contributed by atoms with van der Waals surface area (Å²) in [6, 6.07) is 15.8. The summed E-state index contributed by atoms with van der Waals surface area (Å²) in [4.78, 5) is 0.184. The van der Waals surface area contributed by atoms with Gasteiger partial charge in [0.05, 0.1) is 11.5 Å². The van der Waals surface area contributed by atoms with E-state index in [1.165, 1.54) is 0 Å². The first-order chi connectivity index (χ1) is 8.58. The zero-order valence-electron chi connectivity index (χ0n) is 10.7. The van der Waals surface area contributed by atoms with Crippen molar-refractivity contribution in [3.8, 4) is 0 Å². The van der Waals surface area contributed by atoms with E-state index < -0.39 is 10.1 Å². The van der Waals surface area contributed by atoms with E-state index in [4.69, 9.17) is 4.18 Å². The van der Waals surface area contributed by atoms with Gasteiger partial charge in [0, 0.05) is 0 Å². The Labute approximate surface area is 113 Å². The number of rotatable bonds is 4. The monoisotopic (exact) mass is 279 g/mol. The van der Waals surface area contributed by atoms with Crippen molar-refractivity contribution in [1.82, 2.24) is 6.15 Å². The highest BCUT2D eigenvalue weighted by Gasteiger charge is 2.14. The SMILES string of the molecule is Cc1ccc(S(=O)(=O)OCc2ccccc2)cc1.N. The summed E-state index contributed by atoms with van der Waals surface area (Å²) in [7, 11) is -3.68. The molecular formula is C14H17NO3S. The molecule has 0 aliphatic rings. The largest absolute Gasteiger partial charge is 0.344 e. The molecule has 5 heteroatoms. The number of hydrogen-bond acceptors (Lipinski definition) is 4. The number of hydrogen-bond donors (Lipinski definition) is 1. The quantitative estimate of drug-likeness (QED) is 0.872. The molecule has 0 amide bonds. The van der Waals surface area contributed by atoms with Crippen LogP contribution in [0, 0.1) is 6.92 Å². The van der Waals surface area contributed by atoms with Gasteiger partial charge in [0.1, 0.15) is 0 Å². The third-order valence-electron chi connectivity index (χ3n) is 2.53. The van der Waals surface area contributed by atoms with Crippen molar-refractivity contribution < 1.29 is 12.6 Å². The van der Waals surface area contributed by atoms with Gasteiger partial charge in [0.15, 0.2) is 0 Å². The molecule has 0 saturated carbocycles. The molecule has 0 fully saturated rings. The van der Waals surface area contributed by atoms with Crippen molar-refractivity contribution in [1.29, 1.82) is 0 Å². The van der Waals surface area contributed by atoms with Crippen molar-refractivity contribution in [3.05, 3.63) is 65.7 Å².